The van der Waals surface area contributed by atoms with Crippen LogP contribution in [0.5, 0.6) is 11.5 Å². The Bertz CT molecular complexity index is 1480. The number of methoxy groups -OCH3 is 2. The molecule has 1 aliphatic rings. The zero-order valence-electron chi connectivity index (χ0n) is 20.9. The minimum Gasteiger partial charge on any atom is -0.493 e. The number of urea groups is 1. The third kappa shape index (κ3) is 4.08. The van der Waals surface area contributed by atoms with Crippen LogP contribution in [0.3, 0.4) is 0 Å². The lowest BCUT2D eigenvalue weighted by Crippen LogP contribution is -2.45. The highest BCUT2D eigenvalue weighted by atomic mass is 16.5. The second kappa shape index (κ2) is 9.42. The zero-order chi connectivity index (χ0) is 26.2. The average Bonchev–Trinajstić information content (AvgIpc) is 3.49. The largest absolute Gasteiger partial charge is 0.493 e. The first-order chi connectivity index (χ1) is 17.9. The van der Waals surface area contributed by atoms with Gasteiger partial charge in [-0.05, 0) is 54.3 Å². The Kier molecular flexibility index (Phi) is 6.12. The molecule has 188 valence electrons. The molecule has 5 rings (SSSR count). The van der Waals surface area contributed by atoms with Crippen LogP contribution < -0.4 is 14.8 Å². The summed E-state index contributed by atoms with van der Waals surface area (Å²) in [5.74, 6) is 1.08. The van der Waals surface area contributed by atoms with Gasteiger partial charge in [0.05, 0.1) is 14.2 Å². The van der Waals surface area contributed by atoms with Gasteiger partial charge in [0.15, 0.2) is 17.0 Å². The van der Waals surface area contributed by atoms with E-state index in [1.165, 1.54) is 7.11 Å². The number of hydrogen-bond acceptors (Lipinski definition) is 7. The number of ether oxygens (including phenoxy) is 2. The van der Waals surface area contributed by atoms with Crippen LogP contribution in [0.1, 0.15) is 28.1 Å². The highest BCUT2D eigenvalue weighted by molar-refractivity contribution is 6.09. The number of carbonyl (C=O) groups excluding carboxylic acids is 2. The number of amides is 3. The van der Waals surface area contributed by atoms with Crippen LogP contribution in [-0.2, 0) is 16.9 Å². The molecule has 1 fully saturated rings. The summed E-state index contributed by atoms with van der Waals surface area (Å²) in [4.78, 5) is 32.7. The van der Waals surface area contributed by atoms with Gasteiger partial charge in [0.2, 0.25) is 11.7 Å². The molecule has 1 N–H and O–H groups in total. The van der Waals surface area contributed by atoms with Crippen LogP contribution >= 0.6 is 0 Å². The number of aromatic nitrogens is 2. The van der Waals surface area contributed by atoms with Gasteiger partial charge in [-0.25, -0.2) is 4.79 Å². The molecule has 1 atom stereocenters. The maximum absolute atomic E-state index is 14.0. The van der Waals surface area contributed by atoms with E-state index < -0.39 is 17.5 Å². The molecular weight excluding hydrogens is 472 g/mol. The molecule has 9 nitrogen and oxygen atoms in total. The van der Waals surface area contributed by atoms with Crippen molar-refractivity contribution in [2.24, 2.45) is 0 Å². The molecule has 0 saturated carbocycles. The van der Waals surface area contributed by atoms with Gasteiger partial charge in [0.1, 0.15) is 6.54 Å². The fraction of sp³-hybridized carbons (Fsp3) is 0.214. The third-order valence-electron chi connectivity index (χ3n) is 6.66. The van der Waals surface area contributed by atoms with Crippen LogP contribution in [0, 0.1) is 13.8 Å². The van der Waals surface area contributed by atoms with Crippen molar-refractivity contribution < 1.29 is 23.6 Å². The molecule has 0 spiro atoms. The minimum absolute atomic E-state index is 0.122. The summed E-state index contributed by atoms with van der Waals surface area (Å²) < 4.78 is 16.0. The molecule has 1 aliphatic heterocycles. The lowest BCUT2D eigenvalue weighted by Gasteiger charge is -2.28. The molecule has 3 aromatic carbocycles. The van der Waals surface area contributed by atoms with E-state index >= 15 is 0 Å². The Hall–Kier alpha value is -4.66. The highest BCUT2D eigenvalue weighted by Gasteiger charge is 2.54. The van der Waals surface area contributed by atoms with Gasteiger partial charge < -0.3 is 19.3 Å². The van der Waals surface area contributed by atoms with Crippen molar-refractivity contribution in [3.63, 3.8) is 0 Å². The Morgan fingerprint density at radius 2 is 1.65 bits per heavy atom. The van der Waals surface area contributed by atoms with Gasteiger partial charge in [0.25, 0.3) is 5.91 Å². The molecule has 1 saturated heterocycles. The average molecular weight is 499 g/mol. The zero-order valence-corrected chi connectivity index (χ0v) is 20.9. The van der Waals surface area contributed by atoms with Gasteiger partial charge in [-0.1, -0.05) is 53.7 Å². The Morgan fingerprint density at radius 1 is 0.892 bits per heavy atom. The lowest BCUT2D eigenvalue weighted by molar-refractivity contribution is -0.130. The van der Waals surface area contributed by atoms with Gasteiger partial charge in [-0.15, -0.1) is 0 Å². The van der Waals surface area contributed by atoms with Crippen molar-refractivity contribution in [3.05, 3.63) is 94.9 Å². The summed E-state index contributed by atoms with van der Waals surface area (Å²) in [6.07, 6.45) is 0. The van der Waals surface area contributed by atoms with Gasteiger partial charge in [-0.3, -0.25) is 9.69 Å². The van der Waals surface area contributed by atoms with E-state index in [1.54, 1.807) is 25.3 Å². The van der Waals surface area contributed by atoms with Crippen molar-refractivity contribution >= 4 is 11.9 Å². The first kappa shape index (κ1) is 24.1. The van der Waals surface area contributed by atoms with Gasteiger partial charge in [-0.2, -0.15) is 4.98 Å². The summed E-state index contributed by atoms with van der Waals surface area (Å²) in [5, 5.41) is 6.98. The van der Waals surface area contributed by atoms with Crippen molar-refractivity contribution in [3.8, 4) is 22.9 Å². The van der Waals surface area contributed by atoms with Crippen molar-refractivity contribution in [1.82, 2.24) is 20.4 Å². The van der Waals surface area contributed by atoms with Gasteiger partial charge >= 0.3 is 6.03 Å². The number of hydrogen-bond donors (Lipinski definition) is 1. The number of rotatable bonds is 7. The minimum atomic E-state index is -1.37. The number of nitrogens with one attached hydrogen (secondary N) is 1. The van der Waals surface area contributed by atoms with E-state index in [2.05, 4.69) is 15.5 Å². The van der Waals surface area contributed by atoms with E-state index in [0.717, 1.165) is 16.0 Å². The maximum atomic E-state index is 14.0. The van der Waals surface area contributed by atoms with E-state index in [-0.39, 0.29) is 12.4 Å². The normalized spacial score (nSPS) is 17.1. The van der Waals surface area contributed by atoms with Crippen LogP contribution in [0.15, 0.2) is 71.3 Å². The second-order valence-electron chi connectivity index (χ2n) is 8.82. The van der Waals surface area contributed by atoms with Crippen LogP contribution in [0.2, 0.25) is 0 Å². The molecule has 9 heteroatoms. The Labute approximate surface area is 214 Å². The van der Waals surface area contributed by atoms with E-state index in [0.29, 0.717) is 34.0 Å². The smallest absolute Gasteiger partial charge is 0.326 e. The summed E-state index contributed by atoms with van der Waals surface area (Å²) in [5.41, 5.74) is 2.72. The molecular formula is C28H26N4O5. The molecule has 0 radical (unpaired) electrons. The topological polar surface area (TPSA) is 107 Å². The van der Waals surface area contributed by atoms with E-state index in [1.807, 2.05) is 62.4 Å². The molecule has 1 aromatic heterocycles. The standard InChI is InChI=1S/C28H26N4O5/c1-17-10-12-21(14-18(17)2)28(20-8-6-5-7-9-20)26(33)32(27(34)30-28)16-24-29-25(31-37-24)19-11-13-22(35-3)23(15-19)36-4/h5-15H,16H2,1-4H3,(H,30,34). The number of imide groups is 1. The highest BCUT2D eigenvalue weighted by Crippen LogP contribution is 2.37. The summed E-state index contributed by atoms with van der Waals surface area (Å²) in [7, 11) is 3.09. The molecule has 37 heavy (non-hydrogen) atoms. The monoisotopic (exact) mass is 498 g/mol. The van der Waals surface area contributed by atoms with E-state index in [9.17, 15) is 9.59 Å². The third-order valence-corrected chi connectivity index (χ3v) is 6.66. The molecule has 4 aromatic rings. The molecule has 0 aliphatic carbocycles. The van der Waals surface area contributed by atoms with E-state index in [4.69, 9.17) is 14.0 Å². The number of carbonyl (C=O) groups is 2. The first-order valence-electron chi connectivity index (χ1n) is 11.7. The summed E-state index contributed by atoms with van der Waals surface area (Å²) >= 11 is 0. The SMILES string of the molecule is COc1ccc(-c2noc(CN3C(=O)NC(c4ccccc4)(c4ccc(C)c(C)c4)C3=O)n2)cc1OC. The van der Waals surface area contributed by atoms with Crippen molar-refractivity contribution in [2.45, 2.75) is 25.9 Å². The van der Waals surface area contributed by atoms with Gasteiger partial charge in [0, 0.05) is 5.56 Å². The first-order valence-corrected chi connectivity index (χ1v) is 11.7. The predicted molar refractivity (Wildman–Crippen MR) is 135 cm³/mol. The molecule has 3 amide bonds. The number of nitrogens with zero attached hydrogens (tertiary/aromatic N) is 3. The molecule has 2 heterocycles. The van der Waals surface area contributed by atoms with Crippen molar-refractivity contribution in [1.29, 1.82) is 0 Å². The summed E-state index contributed by atoms with van der Waals surface area (Å²) in [6.45, 7) is 3.80. The Morgan fingerprint density at radius 3 is 2.35 bits per heavy atom. The number of benzene rings is 3. The number of aryl methyl sites for hydroxylation is 2. The second-order valence-corrected chi connectivity index (χ2v) is 8.82. The quantitative estimate of drug-likeness (QED) is 0.377. The molecule has 0 bridgehead atoms. The molecule has 1 unspecified atom stereocenters. The Balaban J connectivity index is 1.48. The van der Waals surface area contributed by atoms with Crippen LogP contribution in [-0.4, -0.2) is 41.2 Å². The fourth-order valence-electron chi connectivity index (χ4n) is 4.49. The lowest BCUT2D eigenvalue weighted by atomic mass is 9.81. The van der Waals surface area contributed by atoms with Crippen LogP contribution in [0.4, 0.5) is 4.79 Å². The fourth-order valence-corrected chi connectivity index (χ4v) is 4.49. The predicted octanol–water partition coefficient (Wildman–Crippen LogP) is 4.37. The maximum Gasteiger partial charge on any atom is 0.326 e. The van der Waals surface area contributed by atoms with Crippen molar-refractivity contribution in [2.75, 3.05) is 14.2 Å². The summed E-state index contributed by atoms with van der Waals surface area (Å²) in [6, 6.07) is 19.7. The van der Waals surface area contributed by atoms with Crippen LogP contribution in [0.25, 0.3) is 11.4 Å².